The Bertz CT molecular complexity index is 986. The highest BCUT2D eigenvalue weighted by Gasteiger charge is 2.46. The normalized spacial score (nSPS) is 18.3. The van der Waals surface area contributed by atoms with Crippen molar-refractivity contribution in [3.8, 4) is 5.75 Å². The van der Waals surface area contributed by atoms with E-state index in [4.69, 9.17) is 27.9 Å². The van der Waals surface area contributed by atoms with Crippen LogP contribution in [0.5, 0.6) is 5.75 Å². The van der Waals surface area contributed by atoms with Gasteiger partial charge in [0.05, 0.1) is 28.8 Å². The number of amides is 1. The molecular weight excluding hydrogens is 429 g/mol. The summed E-state index contributed by atoms with van der Waals surface area (Å²) < 4.78 is 5.13. The maximum Gasteiger partial charge on any atom is 0.295 e. The zero-order chi connectivity index (χ0) is 22.0. The lowest BCUT2D eigenvalue weighted by Crippen LogP contribution is -2.35. The first kappa shape index (κ1) is 22.1. The van der Waals surface area contributed by atoms with Gasteiger partial charge in [-0.1, -0.05) is 29.3 Å². The second-order valence-electron chi connectivity index (χ2n) is 7.06. The minimum Gasteiger partial charge on any atom is -0.507 e. The predicted octanol–water partition coefficient (Wildman–Crippen LogP) is 3.38. The summed E-state index contributed by atoms with van der Waals surface area (Å²) in [5, 5.41) is 11.4. The van der Waals surface area contributed by atoms with Crippen molar-refractivity contribution in [3.05, 3.63) is 63.4 Å². The average Bonchev–Trinajstić information content (AvgIpc) is 2.96. The van der Waals surface area contributed by atoms with Crippen LogP contribution in [0.3, 0.4) is 0 Å². The van der Waals surface area contributed by atoms with Crippen molar-refractivity contribution in [1.82, 2.24) is 14.8 Å². The number of methoxy groups -OCH3 is 1. The van der Waals surface area contributed by atoms with Crippen LogP contribution in [-0.4, -0.2) is 65.9 Å². The second-order valence-corrected chi connectivity index (χ2v) is 7.87. The van der Waals surface area contributed by atoms with E-state index >= 15 is 0 Å². The zero-order valence-electron chi connectivity index (χ0n) is 16.7. The van der Waals surface area contributed by atoms with Crippen molar-refractivity contribution in [2.45, 2.75) is 6.04 Å². The SMILES string of the molecule is COc1c(Cl)cc(/C(O)=C2\C(=O)C(=O)N(CCN(C)C)C2c2cccnc2)cc1Cl. The molecular formula is C21H21Cl2N3O4. The Hall–Kier alpha value is -2.61. The molecule has 30 heavy (non-hydrogen) atoms. The lowest BCUT2D eigenvalue weighted by Gasteiger charge is -2.26. The number of aliphatic hydroxyl groups excluding tert-OH is 1. The number of hydrogen-bond acceptors (Lipinski definition) is 6. The van der Waals surface area contributed by atoms with Gasteiger partial charge in [-0.3, -0.25) is 14.6 Å². The van der Waals surface area contributed by atoms with E-state index in [-0.39, 0.29) is 32.7 Å². The highest BCUT2D eigenvalue weighted by molar-refractivity contribution is 6.46. The maximum atomic E-state index is 12.9. The molecule has 1 atom stereocenters. The molecule has 9 heteroatoms. The van der Waals surface area contributed by atoms with Crippen molar-refractivity contribution < 1.29 is 19.4 Å². The molecule has 1 fully saturated rings. The highest BCUT2D eigenvalue weighted by atomic mass is 35.5. The van der Waals surface area contributed by atoms with E-state index in [0.29, 0.717) is 18.7 Å². The number of carbonyl (C=O) groups is 2. The van der Waals surface area contributed by atoms with E-state index in [1.54, 1.807) is 24.5 Å². The number of rotatable bonds is 6. The van der Waals surface area contributed by atoms with Gasteiger partial charge in [0, 0.05) is 31.0 Å². The minimum absolute atomic E-state index is 0.0379. The van der Waals surface area contributed by atoms with Gasteiger partial charge in [0.2, 0.25) is 0 Å². The fourth-order valence-corrected chi connectivity index (χ4v) is 3.99. The molecule has 1 N–H and O–H groups in total. The monoisotopic (exact) mass is 449 g/mol. The van der Waals surface area contributed by atoms with E-state index < -0.39 is 17.7 Å². The van der Waals surface area contributed by atoms with Gasteiger partial charge in [-0.15, -0.1) is 0 Å². The third kappa shape index (κ3) is 4.14. The van der Waals surface area contributed by atoms with Gasteiger partial charge in [-0.25, -0.2) is 0 Å². The van der Waals surface area contributed by atoms with Crippen LogP contribution < -0.4 is 4.74 Å². The molecule has 2 aromatic rings. The summed E-state index contributed by atoms with van der Waals surface area (Å²) in [4.78, 5) is 33.2. The molecule has 0 bridgehead atoms. The molecule has 1 aliphatic heterocycles. The first-order valence-electron chi connectivity index (χ1n) is 9.12. The molecule has 0 spiro atoms. The molecule has 1 aromatic carbocycles. The van der Waals surface area contributed by atoms with Gasteiger partial charge in [-0.2, -0.15) is 0 Å². The molecule has 1 saturated heterocycles. The number of likely N-dealkylation sites (N-methyl/N-ethyl adjacent to an activating group) is 1. The molecule has 0 saturated carbocycles. The van der Waals surface area contributed by atoms with Crippen LogP contribution in [0.25, 0.3) is 5.76 Å². The second kappa shape index (κ2) is 9.04. The summed E-state index contributed by atoms with van der Waals surface area (Å²) >= 11 is 12.4. The van der Waals surface area contributed by atoms with Gasteiger partial charge in [-0.05, 0) is 37.9 Å². The van der Waals surface area contributed by atoms with E-state index in [0.717, 1.165) is 0 Å². The van der Waals surface area contributed by atoms with Crippen LogP contribution in [0, 0.1) is 0 Å². The van der Waals surface area contributed by atoms with Gasteiger partial charge in [0.1, 0.15) is 5.76 Å². The van der Waals surface area contributed by atoms with Crippen molar-refractivity contribution in [2.75, 3.05) is 34.3 Å². The Morgan fingerprint density at radius 2 is 1.93 bits per heavy atom. The third-order valence-corrected chi connectivity index (χ3v) is 5.37. The van der Waals surface area contributed by atoms with E-state index in [9.17, 15) is 14.7 Å². The molecule has 0 aliphatic carbocycles. The number of pyridine rings is 1. The van der Waals surface area contributed by atoms with Crippen molar-refractivity contribution in [3.63, 3.8) is 0 Å². The van der Waals surface area contributed by atoms with Crippen LogP contribution in [0.4, 0.5) is 0 Å². The van der Waals surface area contributed by atoms with E-state index in [1.165, 1.54) is 24.1 Å². The smallest absolute Gasteiger partial charge is 0.295 e. The number of aromatic nitrogens is 1. The van der Waals surface area contributed by atoms with Crippen molar-refractivity contribution in [2.24, 2.45) is 0 Å². The van der Waals surface area contributed by atoms with Gasteiger partial charge in [0.15, 0.2) is 5.75 Å². The maximum absolute atomic E-state index is 12.9. The fraction of sp³-hybridized carbons (Fsp3) is 0.286. The number of aliphatic hydroxyl groups is 1. The molecule has 1 aromatic heterocycles. The van der Waals surface area contributed by atoms with Gasteiger partial charge < -0.3 is 19.6 Å². The largest absolute Gasteiger partial charge is 0.507 e. The minimum atomic E-state index is -0.779. The number of ketones is 1. The molecule has 158 valence electrons. The molecule has 1 unspecified atom stereocenters. The standard InChI is InChI=1S/C21H21Cl2N3O4/c1-25(2)7-8-26-17(12-5-4-6-24-11-12)16(19(28)21(26)29)18(27)13-9-14(22)20(30-3)15(23)10-13/h4-6,9-11,17,27H,7-8H2,1-3H3/b18-16+. The number of carbonyl (C=O) groups excluding carboxylic acids is 2. The van der Waals surface area contributed by atoms with Gasteiger partial charge >= 0.3 is 0 Å². The molecule has 0 radical (unpaired) electrons. The molecule has 1 amide bonds. The Morgan fingerprint density at radius 3 is 2.47 bits per heavy atom. The Kier molecular flexibility index (Phi) is 6.65. The lowest BCUT2D eigenvalue weighted by molar-refractivity contribution is -0.140. The van der Waals surface area contributed by atoms with Crippen LogP contribution >= 0.6 is 23.2 Å². The van der Waals surface area contributed by atoms with Crippen LogP contribution in [0.2, 0.25) is 10.0 Å². The van der Waals surface area contributed by atoms with Crippen LogP contribution in [0.1, 0.15) is 17.2 Å². The summed E-state index contributed by atoms with van der Waals surface area (Å²) in [7, 11) is 5.17. The number of halogens is 2. The number of hydrogen-bond donors (Lipinski definition) is 1. The third-order valence-electron chi connectivity index (χ3n) is 4.80. The van der Waals surface area contributed by atoms with Crippen molar-refractivity contribution >= 4 is 40.7 Å². The highest BCUT2D eigenvalue weighted by Crippen LogP contribution is 2.41. The zero-order valence-corrected chi connectivity index (χ0v) is 18.2. The Morgan fingerprint density at radius 1 is 1.27 bits per heavy atom. The Labute approximate surface area is 184 Å². The van der Waals surface area contributed by atoms with Gasteiger partial charge in [0.25, 0.3) is 11.7 Å². The summed E-state index contributed by atoms with van der Waals surface area (Å²) in [6.07, 6.45) is 3.17. The molecule has 7 nitrogen and oxygen atoms in total. The Balaban J connectivity index is 2.17. The van der Waals surface area contributed by atoms with E-state index in [2.05, 4.69) is 4.98 Å². The van der Waals surface area contributed by atoms with E-state index in [1.807, 2.05) is 19.0 Å². The molecule has 2 heterocycles. The number of likely N-dealkylation sites (tertiary alicyclic amines) is 1. The first-order valence-corrected chi connectivity index (χ1v) is 9.88. The number of ether oxygens (including phenoxy) is 1. The number of nitrogens with zero attached hydrogens (tertiary/aromatic N) is 3. The molecule has 3 rings (SSSR count). The van der Waals surface area contributed by atoms with Crippen molar-refractivity contribution in [1.29, 1.82) is 0 Å². The van der Waals surface area contributed by atoms with Crippen LogP contribution in [-0.2, 0) is 9.59 Å². The summed E-state index contributed by atoms with van der Waals surface area (Å²) in [6, 6.07) is 5.57. The first-order chi connectivity index (χ1) is 14.3. The average molecular weight is 450 g/mol. The summed E-state index contributed by atoms with van der Waals surface area (Å²) in [6.45, 7) is 0.849. The topological polar surface area (TPSA) is 83.0 Å². The summed E-state index contributed by atoms with van der Waals surface area (Å²) in [5.41, 5.74) is 0.789. The summed E-state index contributed by atoms with van der Waals surface area (Å²) in [5.74, 6) is -1.56. The van der Waals surface area contributed by atoms with Crippen LogP contribution in [0.15, 0.2) is 42.2 Å². The number of Topliss-reactive ketones (excluding diaryl/α,β-unsaturated/α-hetero) is 1. The predicted molar refractivity (Wildman–Crippen MR) is 115 cm³/mol. The molecule has 1 aliphatic rings. The quantitative estimate of drug-likeness (QED) is 0.413. The number of benzene rings is 1. The lowest BCUT2D eigenvalue weighted by atomic mass is 9.96. The fourth-order valence-electron chi connectivity index (χ4n) is 3.35.